The van der Waals surface area contributed by atoms with E-state index in [-0.39, 0.29) is 0 Å². The van der Waals surface area contributed by atoms with Crippen molar-refractivity contribution < 1.29 is 0 Å². The summed E-state index contributed by atoms with van der Waals surface area (Å²) in [6.07, 6.45) is 0. The molecule has 0 aliphatic rings. The van der Waals surface area contributed by atoms with Crippen molar-refractivity contribution in [1.82, 2.24) is 10.2 Å². The summed E-state index contributed by atoms with van der Waals surface area (Å²) in [6, 6.07) is 69.3. The largest absolute Gasteiger partial charge is 0.149 e. The van der Waals surface area contributed by atoms with Crippen LogP contribution >= 0.6 is 11.3 Å². The van der Waals surface area contributed by atoms with Crippen molar-refractivity contribution in [2.45, 2.75) is 0 Å². The van der Waals surface area contributed by atoms with Crippen molar-refractivity contribution in [2.24, 2.45) is 0 Å². The highest BCUT2D eigenvalue weighted by Gasteiger charge is 2.27. The first kappa shape index (κ1) is 31.1. The third-order valence-electron chi connectivity index (χ3n) is 10.2. The first-order chi connectivity index (χ1) is 26.3. The summed E-state index contributed by atoms with van der Waals surface area (Å²) in [7, 11) is 0. The highest BCUT2D eigenvalue weighted by Crippen LogP contribution is 2.55. The molecule has 0 N–H and O–H groups in total. The zero-order valence-corrected chi connectivity index (χ0v) is 29.6. The molecule has 8 aromatic carbocycles. The van der Waals surface area contributed by atoms with E-state index in [1.54, 1.807) is 0 Å². The third kappa shape index (κ3) is 5.33. The Morgan fingerprint density at radius 2 is 0.566 bits per heavy atom. The molecule has 0 fully saturated rings. The lowest BCUT2D eigenvalue weighted by molar-refractivity contribution is 1.06. The molecule has 2 aromatic heterocycles. The Labute approximate surface area is 312 Å². The molecule has 0 aliphatic carbocycles. The highest BCUT2D eigenvalue weighted by atomic mass is 32.1. The summed E-state index contributed by atoms with van der Waals surface area (Å²) in [6.45, 7) is 0. The van der Waals surface area contributed by atoms with Gasteiger partial charge in [-0.3, -0.25) is 0 Å². The maximum Gasteiger partial charge on any atom is 0.101 e. The van der Waals surface area contributed by atoms with Crippen molar-refractivity contribution in [3.63, 3.8) is 0 Å². The Hall–Kier alpha value is -6.68. The summed E-state index contributed by atoms with van der Waals surface area (Å²) >= 11 is 1.89. The van der Waals surface area contributed by atoms with E-state index in [2.05, 4.69) is 194 Å². The van der Waals surface area contributed by atoms with Gasteiger partial charge >= 0.3 is 0 Å². The van der Waals surface area contributed by atoms with Gasteiger partial charge in [0.25, 0.3) is 0 Å². The molecule has 0 aliphatic heterocycles. The van der Waals surface area contributed by atoms with Gasteiger partial charge in [0, 0.05) is 42.4 Å². The first-order valence-corrected chi connectivity index (χ1v) is 18.7. The van der Waals surface area contributed by atoms with Crippen LogP contribution in [0.15, 0.2) is 194 Å². The first-order valence-electron chi connectivity index (χ1n) is 17.9. The van der Waals surface area contributed by atoms with Crippen LogP contribution in [0, 0.1) is 0 Å². The van der Waals surface area contributed by atoms with Gasteiger partial charge in [0.15, 0.2) is 0 Å². The third-order valence-corrected chi connectivity index (χ3v) is 11.4. The second-order valence-corrected chi connectivity index (χ2v) is 14.3. The molecule has 10 aromatic rings. The minimum Gasteiger partial charge on any atom is -0.149 e. The van der Waals surface area contributed by atoms with E-state index < -0.39 is 0 Å². The minimum atomic E-state index is 0.876. The Morgan fingerprint density at radius 1 is 0.283 bits per heavy atom. The normalized spacial score (nSPS) is 11.4. The number of aromatic nitrogens is 2. The Balaban J connectivity index is 1.49. The average molecular weight is 693 g/mol. The molecule has 0 bridgehead atoms. The van der Waals surface area contributed by atoms with E-state index in [0.29, 0.717) is 0 Å². The summed E-state index contributed by atoms with van der Waals surface area (Å²) in [5.41, 5.74) is 11.1. The Morgan fingerprint density at radius 3 is 0.887 bits per heavy atom. The fourth-order valence-electron chi connectivity index (χ4n) is 7.80. The molecule has 3 heteroatoms. The Kier molecular flexibility index (Phi) is 7.71. The average Bonchev–Trinajstić information content (AvgIpc) is 3.63. The van der Waals surface area contributed by atoms with Crippen LogP contribution in [0.1, 0.15) is 0 Å². The number of hydrogen-bond donors (Lipinski definition) is 0. The van der Waals surface area contributed by atoms with Gasteiger partial charge in [0.05, 0.1) is 0 Å². The van der Waals surface area contributed by atoms with Gasteiger partial charge in [-0.15, -0.1) is 21.5 Å². The van der Waals surface area contributed by atoms with Crippen LogP contribution in [0.3, 0.4) is 0 Å². The number of hydrogen-bond acceptors (Lipinski definition) is 3. The monoisotopic (exact) mass is 692 g/mol. The molecule has 0 amide bonds. The van der Waals surface area contributed by atoms with E-state index >= 15 is 0 Å². The fourth-order valence-corrected chi connectivity index (χ4v) is 9.13. The molecule has 2 nitrogen and oxygen atoms in total. The molecule has 0 atom stereocenters. The molecule has 0 unspecified atom stereocenters. The van der Waals surface area contributed by atoms with Crippen LogP contribution in [0.4, 0.5) is 0 Å². The second-order valence-electron chi connectivity index (χ2n) is 13.3. The molecule has 248 valence electrons. The van der Waals surface area contributed by atoms with Crippen LogP contribution in [-0.4, -0.2) is 10.2 Å². The van der Waals surface area contributed by atoms with Gasteiger partial charge in [-0.05, 0) is 56.3 Å². The molecule has 53 heavy (non-hydrogen) atoms. The summed E-state index contributed by atoms with van der Waals surface area (Å²) in [5.74, 6) is 0. The second kappa shape index (κ2) is 13.1. The quantitative estimate of drug-likeness (QED) is 0.162. The standard InChI is InChI=1S/C50H32N2S/c1-7-19-33(20-8-1)43-39-31-41-42(48(36-25-13-4-14-26-36)52-51-47(41)35-23-11-3-12-24-35)32-40(39)44(34-21-9-2-10-22-34)46-45(43)49(37-27-15-5-16-28-37)53-50(46)38-29-17-6-18-30-38/h1-32H. The molecule has 10 rings (SSSR count). The maximum absolute atomic E-state index is 4.97. The summed E-state index contributed by atoms with van der Waals surface area (Å²) in [4.78, 5) is 2.53. The molecule has 0 radical (unpaired) electrons. The predicted molar refractivity (Wildman–Crippen MR) is 225 cm³/mol. The van der Waals surface area contributed by atoms with E-state index in [4.69, 9.17) is 10.2 Å². The minimum absolute atomic E-state index is 0.876. The fraction of sp³-hybridized carbons (Fsp3) is 0. The van der Waals surface area contributed by atoms with Crippen LogP contribution in [0.5, 0.6) is 0 Å². The SMILES string of the molecule is c1ccc(-c2nnc(-c3ccccc3)c3cc4c(-c5ccccc5)c5c(-c6ccccc6)sc(-c6ccccc6)c5c(-c5ccccc5)c4cc23)cc1. The van der Waals surface area contributed by atoms with Gasteiger partial charge in [-0.1, -0.05) is 182 Å². The lowest BCUT2D eigenvalue weighted by Crippen LogP contribution is -1.97. The van der Waals surface area contributed by atoms with Crippen LogP contribution in [0.25, 0.3) is 98.0 Å². The maximum atomic E-state index is 4.97. The molecular weight excluding hydrogens is 661 g/mol. The van der Waals surface area contributed by atoms with Gasteiger partial charge in [-0.2, -0.15) is 0 Å². The number of nitrogens with zero attached hydrogens (tertiary/aromatic N) is 2. The lowest BCUT2D eigenvalue weighted by atomic mass is 9.83. The summed E-state index contributed by atoms with van der Waals surface area (Å²) in [5, 5.41) is 17.0. The van der Waals surface area contributed by atoms with Gasteiger partial charge < -0.3 is 0 Å². The predicted octanol–water partition coefficient (Wildman–Crippen LogP) is 14.0. The van der Waals surface area contributed by atoms with Crippen LogP contribution in [0.2, 0.25) is 0 Å². The van der Waals surface area contributed by atoms with Gasteiger partial charge in [0.2, 0.25) is 0 Å². The smallest absolute Gasteiger partial charge is 0.101 e. The molecule has 0 saturated heterocycles. The molecule has 0 saturated carbocycles. The topological polar surface area (TPSA) is 25.8 Å². The van der Waals surface area contributed by atoms with Crippen molar-refractivity contribution >= 4 is 43.7 Å². The van der Waals surface area contributed by atoms with E-state index in [1.807, 2.05) is 11.3 Å². The molecule has 2 heterocycles. The van der Waals surface area contributed by atoms with E-state index in [9.17, 15) is 0 Å². The van der Waals surface area contributed by atoms with Crippen molar-refractivity contribution in [3.8, 4) is 65.6 Å². The zero-order valence-electron chi connectivity index (χ0n) is 28.8. The van der Waals surface area contributed by atoms with Gasteiger partial charge in [0.1, 0.15) is 11.4 Å². The Bertz CT molecular complexity index is 2690. The number of thiophene rings is 1. The van der Waals surface area contributed by atoms with Crippen LogP contribution < -0.4 is 0 Å². The van der Waals surface area contributed by atoms with Crippen molar-refractivity contribution in [1.29, 1.82) is 0 Å². The van der Waals surface area contributed by atoms with Crippen molar-refractivity contribution in [3.05, 3.63) is 194 Å². The lowest BCUT2D eigenvalue weighted by Gasteiger charge is -2.20. The highest BCUT2D eigenvalue weighted by molar-refractivity contribution is 7.21. The van der Waals surface area contributed by atoms with Gasteiger partial charge in [-0.25, -0.2) is 0 Å². The molecule has 0 spiro atoms. The molecular formula is C50H32N2S. The summed E-state index contributed by atoms with van der Waals surface area (Å²) < 4.78 is 0. The number of rotatable bonds is 6. The number of fused-ring (bicyclic) bond motifs is 3. The number of benzene rings is 8. The van der Waals surface area contributed by atoms with E-state index in [0.717, 1.165) is 33.3 Å². The van der Waals surface area contributed by atoms with Crippen molar-refractivity contribution in [2.75, 3.05) is 0 Å². The van der Waals surface area contributed by atoms with E-state index in [1.165, 1.54) is 64.7 Å². The van der Waals surface area contributed by atoms with Crippen LogP contribution in [-0.2, 0) is 0 Å². The zero-order chi connectivity index (χ0) is 35.1.